The van der Waals surface area contributed by atoms with Crippen LogP contribution in [0.1, 0.15) is 19.4 Å². The van der Waals surface area contributed by atoms with Gasteiger partial charge in [0.05, 0.1) is 19.7 Å². The van der Waals surface area contributed by atoms with Crippen LogP contribution >= 0.6 is 15.9 Å². The number of nitrogens with zero attached hydrogens (tertiary/aromatic N) is 2. The summed E-state index contributed by atoms with van der Waals surface area (Å²) < 4.78 is 11.9. The summed E-state index contributed by atoms with van der Waals surface area (Å²) in [5.74, 6) is 1.45. The lowest BCUT2D eigenvalue weighted by Gasteiger charge is -2.27. The van der Waals surface area contributed by atoms with Gasteiger partial charge in [-0.05, 0) is 23.6 Å². The summed E-state index contributed by atoms with van der Waals surface area (Å²) in [5, 5.41) is 0.949. The van der Waals surface area contributed by atoms with Gasteiger partial charge in [-0.2, -0.15) is 0 Å². The number of methoxy groups -OCH3 is 2. The molecule has 0 radical (unpaired) electrons. The minimum Gasteiger partial charge on any atom is -0.483 e. The molecule has 1 N–H and O–H groups in total. The third-order valence-corrected chi connectivity index (χ3v) is 5.17. The average molecular weight is 420 g/mol. The molecule has 0 spiro atoms. The zero-order chi connectivity index (χ0) is 18.8. The Bertz CT molecular complexity index is 933. The van der Waals surface area contributed by atoms with Gasteiger partial charge in [-0.1, -0.05) is 35.8 Å². The van der Waals surface area contributed by atoms with E-state index in [0.717, 1.165) is 20.9 Å². The SMILES string of the molecule is COC1=N[C@H](C(C)C)C(OC)=N[C@H]1Cc1ccc(Br)c2ccc(=O)[nH]c12. The monoisotopic (exact) mass is 419 g/mol. The van der Waals surface area contributed by atoms with Crippen molar-refractivity contribution >= 4 is 38.6 Å². The van der Waals surface area contributed by atoms with Gasteiger partial charge in [-0.3, -0.25) is 4.79 Å². The molecule has 0 saturated heterocycles. The lowest BCUT2D eigenvalue weighted by atomic mass is 9.99. The van der Waals surface area contributed by atoms with E-state index in [9.17, 15) is 4.79 Å². The van der Waals surface area contributed by atoms with Crippen LogP contribution in [0.4, 0.5) is 0 Å². The van der Waals surface area contributed by atoms with Gasteiger partial charge in [0.25, 0.3) is 0 Å². The molecular weight excluding hydrogens is 398 g/mol. The molecule has 7 heteroatoms. The van der Waals surface area contributed by atoms with E-state index in [2.05, 4.69) is 34.8 Å². The Balaban J connectivity index is 2.03. The third kappa shape index (κ3) is 3.53. The summed E-state index contributed by atoms with van der Waals surface area (Å²) >= 11 is 3.53. The topological polar surface area (TPSA) is 76.0 Å². The van der Waals surface area contributed by atoms with Gasteiger partial charge in [-0.25, -0.2) is 9.98 Å². The number of H-pyrrole nitrogens is 1. The minimum absolute atomic E-state index is 0.137. The second-order valence-corrected chi connectivity index (χ2v) is 7.42. The normalized spacial score (nSPS) is 20.1. The maximum absolute atomic E-state index is 11.8. The van der Waals surface area contributed by atoms with Gasteiger partial charge in [0.15, 0.2) is 0 Å². The van der Waals surface area contributed by atoms with Crippen molar-refractivity contribution in [3.05, 3.63) is 44.7 Å². The average Bonchev–Trinajstić information content (AvgIpc) is 2.63. The molecule has 1 aromatic carbocycles. The molecule has 138 valence electrons. The molecule has 0 unspecified atom stereocenters. The van der Waals surface area contributed by atoms with Crippen molar-refractivity contribution < 1.29 is 9.47 Å². The van der Waals surface area contributed by atoms with E-state index in [1.807, 2.05) is 18.2 Å². The number of pyridine rings is 1. The van der Waals surface area contributed by atoms with E-state index in [4.69, 9.17) is 19.5 Å². The van der Waals surface area contributed by atoms with Crippen molar-refractivity contribution in [2.45, 2.75) is 32.4 Å². The number of aromatic nitrogens is 1. The fraction of sp³-hybridized carbons (Fsp3) is 0.421. The Kier molecular flexibility index (Phi) is 5.46. The quantitative estimate of drug-likeness (QED) is 0.828. The Morgan fingerprint density at radius 2 is 1.85 bits per heavy atom. The predicted molar refractivity (Wildman–Crippen MR) is 107 cm³/mol. The van der Waals surface area contributed by atoms with E-state index >= 15 is 0 Å². The van der Waals surface area contributed by atoms with E-state index in [1.54, 1.807) is 14.2 Å². The van der Waals surface area contributed by atoms with Crippen LogP contribution in [0.15, 0.2) is 43.5 Å². The van der Waals surface area contributed by atoms with Gasteiger partial charge in [0.2, 0.25) is 17.4 Å². The molecule has 2 aromatic rings. The number of fused-ring (bicyclic) bond motifs is 1. The zero-order valence-corrected chi connectivity index (χ0v) is 16.8. The number of aromatic amines is 1. The van der Waals surface area contributed by atoms with Gasteiger partial charge in [0, 0.05) is 22.3 Å². The van der Waals surface area contributed by atoms with E-state index in [1.165, 1.54) is 6.07 Å². The van der Waals surface area contributed by atoms with Crippen molar-refractivity contribution in [2.75, 3.05) is 14.2 Å². The van der Waals surface area contributed by atoms with Crippen LogP contribution in [0.3, 0.4) is 0 Å². The van der Waals surface area contributed by atoms with Crippen LogP contribution in [-0.4, -0.2) is 43.1 Å². The van der Waals surface area contributed by atoms with Gasteiger partial charge >= 0.3 is 0 Å². The second-order valence-electron chi connectivity index (χ2n) is 6.57. The highest BCUT2D eigenvalue weighted by atomic mass is 79.9. The molecule has 0 aliphatic carbocycles. The van der Waals surface area contributed by atoms with Crippen LogP contribution in [0.2, 0.25) is 0 Å². The van der Waals surface area contributed by atoms with E-state index < -0.39 is 0 Å². The lowest BCUT2D eigenvalue weighted by molar-refractivity contribution is 0.333. The number of hydrogen-bond acceptors (Lipinski definition) is 5. The maximum Gasteiger partial charge on any atom is 0.248 e. The predicted octanol–water partition coefficient (Wildman–Crippen LogP) is 3.33. The molecule has 2 atom stereocenters. The van der Waals surface area contributed by atoms with Crippen molar-refractivity contribution in [3.8, 4) is 0 Å². The first-order chi connectivity index (χ1) is 12.4. The first-order valence-corrected chi connectivity index (χ1v) is 9.27. The Hall–Kier alpha value is -2.15. The number of aliphatic imine (C=N–C) groups is 2. The van der Waals surface area contributed by atoms with Gasteiger partial charge < -0.3 is 14.5 Å². The number of rotatable bonds is 3. The molecule has 1 aliphatic heterocycles. The van der Waals surface area contributed by atoms with Crippen LogP contribution in [0.5, 0.6) is 0 Å². The number of hydrogen-bond donors (Lipinski definition) is 1. The van der Waals surface area contributed by atoms with Crippen molar-refractivity contribution in [1.29, 1.82) is 0 Å². The molecule has 3 rings (SSSR count). The van der Waals surface area contributed by atoms with Crippen LogP contribution < -0.4 is 5.56 Å². The summed E-state index contributed by atoms with van der Waals surface area (Å²) in [7, 11) is 3.23. The fourth-order valence-electron chi connectivity index (χ4n) is 3.15. The minimum atomic E-state index is -0.293. The Labute approximate surface area is 160 Å². The fourth-order valence-corrected chi connectivity index (χ4v) is 3.61. The molecule has 1 aliphatic rings. The molecule has 0 amide bonds. The molecule has 2 heterocycles. The summed E-state index contributed by atoms with van der Waals surface area (Å²) in [6.45, 7) is 4.15. The molecule has 0 fully saturated rings. The smallest absolute Gasteiger partial charge is 0.248 e. The molecular formula is C19H22BrN3O3. The first-order valence-electron chi connectivity index (χ1n) is 8.48. The number of benzene rings is 1. The standard InChI is InChI=1S/C19H22BrN3O3/c1-10(2)16-19(26-4)21-14(18(23-16)25-3)9-11-5-7-13(20)12-6-8-15(24)22-17(11)12/h5-8,10,14,16H,9H2,1-4H3,(H,22,24)/t14-,16+/m0/s1. The molecule has 0 bridgehead atoms. The third-order valence-electron chi connectivity index (χ3n) is 4.48. The van der Waals surface area contributed by atoms with Gasteiger partial charge in [-0.15, -0.1) is 0 Å². The maximum atomic E-state index is 11.8. The van der Waals surface area contributed by atoms with E-state index in [0.29, 0.717) is 18.2 Å². The highest BCUT2D eigenvalue weighted by Crippen LogP contribution is 2.27. The first kappa shape index (κ1) is 18.6. The number of ether oxygens (including phenoxy) is 2. The van der Waals surface area contributed by atoms with Crippen molar-refractivity contribution in [1.82, 2.24) is 4.98 Å². The highest BCUT2D eigenvalue weighted by Gasteiger charge is 2.31. The van der Waals surface area contributed by atoms with Crippen LogP contribution in [0, 0.1) is 5.92 Å². The van der Waals surface area contributed by atoms with Gasteiger partial charge in [0.1, 0.15) is 12.1 Å². The van der Waals surface area contributed by atoms with Crippen LogP contribution in [-0.2, 0) is 15.9 Å². The summed E-state index contributed by atoms with van der Waals surface area (Å²) in [5.41, 5.74) is 1.63. The second kappa shape index (κ2) is 7.61. The van der Waals surface area contributed by atoms with Crippen LogP contribution in [0.25, 0.3) is 10.9 Å². The molecule has 6 nitrogen and oxygen atoms in total. The highest BCUT2D eigenvalue weighted by molar-refractivity contribution is 9.10. The summed E-state index contributed by atoms with van der Waals surface area (Å²) in [6, 6.07) is 6.85. The molecule has 26 heavy (non-hydrogen) atoms. The lowest BCUT2D eigenvalue weighted by Crippen LogP contribution is -2.38. The Morgan fingerprint density at radius 1 is 1.12 bits per heavy atom. The van der Waals surface area contributed by atoms with Crippen molar-refractivity contribution in [3.63, 3.8) is 0 Å². The molecule has 1 aromatic heterocycles. The summed E-state index contributed by atoms with van der Waals surface area (Å²) in [6.07, 6.45) is 0.550. The zero-order valence-electron chi connectivity index (χ0n) is 15.2. The van der Waals surface area contributed by atoms with Crippen molar-refractivity contribution in [2.24, 2.45) is 15.9 Å². The molecule has 0 saturated carbocycles. The van der Waals surface area contributed by atoms with E-state index in [-0.39, 0.29) is 23.6 Å². The summed E-state index contributed by atoms with van der Waals surface area (Å²) in [4.78, 5) is 24.2. The number of halogens is 1. The largest absolute Gasteiger partial charge is 0.483 e. The number of nitrogens with one attached hydrogen (secondary N) is 1. The Morgan fingerprint density at radius 3 is 2.50 bits per heavy atom.